The highest BCUT2D eigenvalue weighted by atomic mass is 16.5. The summed E-state index contributed by atoms with van der Waals surface area (Å²) in [7, 11) is 0. The van der Waals surface area contributed by atoms with E-state index in [0.29, 0.717) is 11.5 Å². The highest BCUT2D eigenvalue weighted by molar-refractivity contribution is 5.94. The van der Waals surface area contributed by atoms with Gasteiger partial charge in [-0.1, -0.05) is 12.1 Å². The van der Waals surface area contributed by atoms with Crippen LogP contribution in [0, 0.1) is 19.8 Å². The number of nitrogens with zero attached hydrogens (tertiary/aromatic N) is 1. The summed E-state index contributed by atoms with van der Waals surface area (Å²) < 4.78 is 5.48. The smallest absolute Gasteiger partial charge is 0.251 e. The Hall–Kier alpha value is -2.20. The Morgan fingerprint density at radius 1 is 1.21 bits per heavy atom. The molecule has 0 saturated carbocycles. The van der Waals surface area contributed by atoms with Crippen LogP contribution in [0.2, 0.25) is 0 Å². The molecule has 4 nitrogen and oxygen atoms in total. The maximum Gasteiger partial charge on any atom is 0.251 e. The number of aromatic nitrogens is 1. The lowest BCUT2D eigenvalue weighted by Gasteiger charge is -2.31. The van der Waals surface area contributed by atoms with Crippen molar-refractivity contribution in [1.82, 2.24) is 10.3 Å². The average Bonchev–Trinajstić information content (AvgIpc) is 2.63. The molecule has 1 aromatic carbocycles. The molecule has 1 aromatic heterocycles. The van der Waals surface area contributed by atoms with Crippen LogP contribution in [0.25, 0.3) is 0 Å². The van der Waals surface area contributed by atoms with Crippen LogP contribution in [0.15, 0.2) is 42.7 Å². The molecule has 0 spiro atoms. The molecule has 3 rings (SSSR count). The Labute approximate surface area is 143 Å². The van der Waals surface area contributed by atoms with Gasteiger partial charge in [0.05, 0.1) is 6.04 Å². The number of nitrogens with one attached hydrogen (secondary N) is 1. The van der Waals surface area contributed by atoms with E-state index in [1.54, 1.807) is 6.20 Å². The Morgan fingerprint density at radius 3 is 2.67 bits per heavy atom. The predicted octanol–water partition coefficient (Wildman–Crippen LogP) is 3.60. The molecule has 1 aliphatic heterocycles. The molecule has 1 aliphatic rings. The van der Waals surface area contributed by atoms with Crippen molar-refractivity contribution in [1.29, 1.82) is 0 Å². The molecule has 1 atom stereocenters. The summed E-state index contributed by atoms with van der Waals surface area (Å²) in [5, 5.41) is 3.23. The van der Waals surface area contributed by atoms with Crippen molar-refractivity contribution >= 4 is 5.91 Å². The lowest BCUT2D eigenvalue weighted by atomic mass is 9.87. The number of amides is 1. The zero-order valence-corrected chi connectivity index (χ0v) is 14.3. The van der Waals surface area contributed by atoms with E-state index in [0.717, 1.165) is 37.2 Å². The summed E-state index contributed by atoms with van der Waals surface area (Å²) in [5.41, 5.74) is 4.09. The Bertz CT molecular complexity index is 694. The van der Waals surface area contributed by atoms with Gasteiger partial charge in [-0.2, -0.15) is 0 Å². The third kappa shape index (κ3) is 3.82. The molecule has 1 N–H and O–H groups in total. The Balaban J connectivity index is 1.82. The molecule has 126 valence electrons. The molecule has 1 saturated heterocycles. The van der Waals surface area contributed by atoms with Gasteiger partial charge < -0.3 is 10.1 Å². The van der Waals surface area contributed by atoms with Gasteiger partial charge in [-0.15, -0.1) is 0 Å². The molecule has 2 aromatic rings. The number of aryl methyl sites for hydroxylation is 2. The molecule has 4 heteroatoms. The number of benzene rings is 1. The largest absolute Gasteiger partial charge is 0.381 e. The van der Waals surface area contributed by atoms with Crippen LogP contribution in [0.4, 0.5) is 0 Å². The average molecular weight is 324 g/mol. The molecule has 1 amide bonds. The van der Waals surface area contributed by atoms with Crippen LogP contribution in [0.3, 0.4) is 0 Å². The Kier molecular flexibility index (Phi) is 5.26. The van der Waals surface area contributed by atoms with E-state index in [4.69, 9.17) is 4.74 Å². The van der Waals surface area contributed by atoms with Crippen LogP contribution >= 0.6 is 0 Å². The van der Waals surface area contributed by atoms with Gasteiger partial charge in [0, 0.05) is 31.2 Å². The van der Waals surface area contributed by atoms with E-state index >= 15 is 0 Å². The van der Waals surface area contributed by atoms with E-state index in [9.17, 15) is 4.79 Å². The fourth-order valence-electron chi connectivity index (χ4n) is 3.19. The minimum atomic E-state index is -0.0308. The summed E-state index contributed by atoms with van der Waals surface area (Å²) in [4.78, 5) is 17.0. The lowest BCUT2D eigenvalue weighted by Crippen LogP contribution is -2.36. The SMILES string of the molecule is Cc1ccc(C(=O)NC(c2cccnc2)C2CCOCC2)cc1C. The van der Waals surface area contributed by atoms with Crippen LogP contribution in [0.1, 0.15) is 45.9 Å². The monoisotopic (exact) mass is 324 g/mol. The standard InChI is InChI=1S/C20H24N2O2/c1-14-5-6-17(12-15(14)2)20(23)22-19(16-7-10-24-11-8-16)18-4-3-9-21-13-18/h3-6,9,12-13,16,19H,7-8,10-11H2,1-2H3,(H,22,23). The molecule has 2 heterocycles. The van der Waals surface area contributed by atoms with Gasteiger partial charge in [-0.25, -0.2) is 0 Å². The maximum atomic E-state index is 12.8. The first kappa shape index (κ1) is 16.7. The minimum Gasteiger partial charge on any atom is -0.381 e. The van der Waals surface area contributed by atoms with Crippen molar-refractivity contribution in [2.75, 3.05) is 13.2 Å². The molecule has 24 heavy (non-hydrogen) atoms. The van der Waals surface area contributed by atoms with Crippen molar-refractivity contribution in [3.63, 3.8) is 0 Å². The molecular formula is C20H24N2O2. The first-order valence-corrected chi connectivity index (χ1v) is 8.51. The third-order valence-corrected chi connectivity index (χ3v) is 4.84. The van der Waals surface area contributed by atoms with Gasteiger partial charge in [0.2, 0.25) is 0 Å². The lowest BCUT2D eigenvalue weighted by molar-refractivity contribution is 0.0513. The van der Waals surface area contributed by atoms with Crippen molar-refractivity contribution in [2.24, 2.45) is 5.92 Å². The second kappa shape index (κ2) is 7.58. The fourth-order valence-corrected chi connectivity index (χ4v) is 3.19. The summed E-state index contributed by atoms with van der Waals surface area (Å²) in [5.74, 6) is 0.344. The van der Waals surface area contributed by atoms with E-state index in [1.807, 2.05) is 43.5 Å². The van der Waals surface area contributed by atoms with Gasteiger partial charge in [0.15, 0.2) is 0 Å². The van der Waals surface area contributed by atoms with Gasteiger partial charge >= 0.3 is 0 Å². The highest BCUT2D eigenvalue weighted by Gasteiger charge is 2.27. The van der Waals surface area contributed by atoms with Gasteiger partial charge in [0.25, 0.3) is 5.91 Å². The van der Waals surface area contributed by atoms with Crippen LogP contribution in [-0.4, -0.2) is 24.1 Å². The number of ether oxygens (including phenoxy) is 1. The van der Waals surface area contributed by atoms with Crippen LogP contribution < -0.4 is 5.32 Å². The molecular weight excluding hydrogens is 300 g/mol. The number of hydrogen-bond acceptors (Lipinski definition) is 3. The number of hydrogen-bond donors (Lipinski definition) is 1. The number of carbonyl (C=O) groups is 1. The number of carbonyl (C=O) groups excluding carboxylic acids is 1. The van der Waals surface area contributed by atoms with Gasteiger partial charge in [-0.05, 0) is 67.5 Å². The fraction of sp³-hybridized carbons (Fsp3) is 0.400. The van der Waals surface area contributed by atoms with E-state index < -0.39 is 0 Å². The first-order valence-electron chi connectivity index (χ1n) is 8.51. The normalized spacial score (nSPS) is 16.6. The van der Waals surface area contributed by atoms with Crippen LogP contribution in [0.5, 0.6) is 0 Å². The zero-order chi connectivity index (χ0) is 16.9. The number of pyridine rings is 1. The Morgan fingerprint density at radius 2 is 2.00 bits per heavy atom. The molecule has 1 fully saturated rings. The van der Waals surface area contributed by atoms with E-state index in [1.165, 1.54) is 5.56 Å². The van der Waals surface area contributed by atoms with Crippen LogP contribution in [-0.2, 0) is 4.74 Å². The topological polar surface area (TPSA) is 51.2 Å². The first-order chi connectivity index (χ1) is 11.6. The van der Waals surface area contributed by atoms with E-state index in [2.05, 4.69) is 17.2 Å². The van der Waals surface area contributed by atoms with Gasteiger partial charge in [0.1, 0.15) is 0 Å². The second-order valence-electron chi connectivity index (χ2n) is 6.49. The maximum absolute atomic E-state index is 12.8. The summed E-state index contributed by atoms with van der Waals surface area (Å²) >= 11 is 0. The zero-order valence-electron chi connectivity index (χ0n) is 14.3. The van der Waals surface area contributed by atoms with E-state index in [-0.39, 0.29) is 11.9 Å². The third-order valence-electron chi connectivity index (χ3n) is 4.84. The molecule has 0 aliphatic carbocycles. The quantitative estimate of drug-likeness (QED) is 0.935. The van der Waals surface area contributed by atoms with Crippen molar-refractivity contribution in [2.45, 2.75) is 32.7 Å². The second-order valence-corrected chi connectivity index (χ2v) is 6.49. The van der Waals surface area contributed by atoms with Gasteiger partial charge in [-0.3, -0.25) is 9.78 Å². The molecule has 1 unspecified atom stereocenters. The molecule has 0 radical (unpaired) electrons. The highest BCUT2D eigenvalue weighted by Crippen LogP contribution is 2.30. The molecule has 0 bridgehead atoms. The predicted molar refractivity (Wildman–Crippen MR) is 93.9 cm³/mol. The summed E-state index contributed by atoms with van der Waals surface area (Å²) in [6, 6.07) is 9.77. The van der Waals surface area contributed by atoms with Crippen molar-refractivity contribution < 1.29 is 9.53 Å². The number of rotatable bonds is 4. The minimum absolute atomic E-state index is 0.0292. The van der Waals surface area contributed by atoms with Crippen molar-refractivity contribution in [3.8, 4) is 0 Å². The summed E-state index contributed by atoms with van der Waals surface area (Å²) in [6.07, 6.45) is 5.51. The summed E-state index contributed by atoms with van der Waals surface area (Å²) in [6.45, 7) is 5.59. The van der Waals surface area contributed by atoms with Crippen molar-refractivity contribution in [3.05, 3.63) is 65.0 Å².